The molecule has 0 radical (unpaired) electrons. The number of hydrogen-bond acceptors (Lipinski definition) is 1. The minimum atomic E-state index is -0.227. The van der Waals surface area contributed by atoms with Gasteiger partial charge >= 0.3 is 0 Å². The SMILES string of the molecule is COc1cc(I)cc(-c2cccc(F)c2)c1. The summed E-state index contributed by atoms with van der Waals surface area (Å²) in [6.07, 6.45) is 0. The van der Waals surface area contributed by atoms with Crippen LogP contribution in [-0.4, -0.2) is 7.11 Å². The first-order valence-electron chi connectivity index (χ1n) is 4.79. The molecule has 0 unspecified atom stereocenters. The molecule has 1 nitrogen and oxygen atoms in total. The van der Waals surface area contributed by atoms with Gasteiger partial charge in [-0.3, -0.25) is 0 Å². The highest BCUT2D eigenvalue weighted by atomic mass is 127. The van der Waals surface area contributed by atoms with Crippen molar-refractivity contribution < 1.29 is 9.13 Å². The number of methoxy groups -OCH3 is 1. The van der Waals surface area contributed by atoms with Crippen LogP contribution in [0.5, 0.6) is 5.75 Å². The molecular weight excluding hydrogens is 318 g/mol. The molecule has 82 valence electrons. The minimum Gasteiger partial charge on any atom is -0.497 e. The van der Waals surface area contributed by atoms with Crippen molar-refractivity contribution in [2.75, 3.05) is 7.11 Å². The Balaban J connectivity index is 2.51. The standard InChI is InChI=1S/C13H10FIO/c1-16-13-7-10(6-12(15)8-13)9-3-2-4-11(14)5-9/h2-8H,1H3. The summed E-state index contributed by atoms with van der Waals surface area (Å²) in [5.74, 6) is 0.557. The number of rotatable bonds is 2. The Morgan fingerprint density at radius 3 is 2.56 bits per heavy atom. The van der Waals surface area contributed by atoms with E-state index in [4.69, 9.17) is 4.74 Å². The van der Waals surface area contributed by atoms with Crippen molar-refractivity contribution in [1.29, 1.82) is 0 Å². The minimum absolute atomic E-state index is 0.227. The molecule has 0 bridgehead atoms. The van der Waals surface area contributed by atoms with E-state index in [0.717, 1.165) is 20.4 Å². The van der Waals surface area contributed by atoms with Crippen molar-refractivity contribution in [3.63, 3.8) is 0 Å². The third-order valence-electron chi connectivity index (χ3n) is 2.26. The van der Waals surface area contributed by atoms with Gasteiger partial charge in [-0.2, -0.15) is 0 Å². The third-order valence-corrected chi connectivity index (χ3v) is 2.89. The zero-order valence-corrected chi connectivity index (χ0v) is 10.9. The Bertz CT molecular complexity index is 511. The second-order valence-electron chi connectivity index (χ2n) is 3.39. The first-order valence-corrected chi connectivity index (χ1v) is 5.87. The van der Waals surface area contributed by atoms with Gasteiger partial charge in [-0.05, 0) is 64.0 Å². The van der Waals surface area contributed by atoms with Crippen LogP contribution in [0, 0.1) is 9.39 Å². The van der Waals surface area contributed by atoms with Crippen LogP contribution in [0.25, 0.3) is 11.1 Å². The van der Waals surface area contributed by atoms with Gasteiger partial charge in [-0.15, -0.1) is 0 Å². The van der Waals surface area contributed by atoms with Gasteiger partial charge < -0.3 is 4.74 Å². The molecule has 0 aliphatic heterocycles. The Morgan fingerprint density at radius 1 is 1.06 bits per heavy atom. The summed E-state index contributed by atoms with van der Waals surface area (Å²) in [6.45, 7) is 0. The van der Waals surface area contributed by atoms with Crippen molar-refractivity contribution >= 4 is 22.6 Å². The molecule has 2 rings (SSSR count). The summed E-state index contributed by atoms with van der Waals surface area (Å²) >= 11 is 2.22. The molecule has 16 heavy (non-hydrogen) atoms. The van der Waals surface area contributed by atoms with Crippen molar-refractivity contribution in [1.82, 2.24) is 0 Å². The Morgan fingerprint density at radius 2 is 1.88 bits per heavy atom. The van der Waals surface area contributed by atoms with Gasteiger partial charge in [0.25, 0.3) is 0 Å². The molecule has 0 aliphatic carbocycles. The lowest BCUT2D eigenvalue weighted by molar-refractivity contribution is 0.414. The van der Waals surface area contributed by atoms with Crippen molar-refractivity contribution in [2.24, 2.45) is 0 Å². The molecule has 0 saturated heterocycles. The second-order valence-corrected chi connectivity index (χ2v) is 4.64. The number of benzene rings is 2. The van der Waals surface area contributed by atoms with E-state index in [1.165, 1.54) is 12.1 Å². The number of halogens is 2. The van der Waals surface area contributed by atoms with Crippen LogP contribution in [0.3, 0.4) is 0 Å². The van der Waals surface area contributed by atoms with E-state index in [-0.39, 0.29) is 5.82 Å². The molecule has 0 amide bonds. The first-order chi connectivity index (χ1) is 7.69. The second kappa shape index (κ2) is 4.82. The van der Waals surface area contributed by atoms with Gasteiger partial charge in [-0.25, -0.2) is 4.39 Å². The van der Waals surface area contributed by atoms with Gasteiger partial charge in [-0.1, -0.05) is 12.1 Å². The summed E-state index contributed by atoms with van der Waals surface area (Å²) in [6, 6.07) is 12.4. The molecule has 0 fully saturated rings. The van der Waals surface area contributed by atoms with Crippen LogP contribution in [-0.2, 0) is 0 Å². The lowest BCUT2D eigenvalue weighted by Crippen LogP contribution is -1.86. The fraction of sp³-hybridized carbons (Fsp3) is 0.0769. The summed E-state index contributed by atoms with van der Waals surface area (Å²) < 4.78 is 19.4. The highest BCUT2D eigenvalue weighted by Gasteiger charge is 2.03. The molecule has 0 atom stereocenters. The van der Waals surface area contributed by atoms with Crippen LogP contribution in [0.2, 0.25) is 0 Å². The highest BCUT2D eigenvalue weighted by molar-refractivity contribution is 14.1. The van der Waals surface area contributed by atoms with Gasteiger partial charge in [0.1, 0.15) is 11.6 Å². The maximum atomic E-state index is 13.1. The number of ether oxygens (including phenoxy) is 1. The van der Waals surface area contributed by atoms with Gasteiger partial charge in [0.15, 0.2) is 0 Å². The summed E-state index contributed by atoms with van der Waals surface area (Å²) in [5.41, 5.74) is 1.82. The van der Waals surface area contributed by atoms with Crippen molar-refractivity contribution in [3.05, 3.63) is 51.9 Å². The zero-order chi connectivity index (χ0) is 11.5. The summed E-state index contributed by atoms with van der Waals surface area (Å²) in [5, 5.41) is 0. The van der Waals surface area contributed by atoms with Gasteiger partial charge in [0.2, 0.25) is 0 Å². The molecule has 0 aromatic heterocycles. The van der Waals surface area contributed by atoms with E-state index in [0.29, 0.717) is 0 Å². The molecule has 2 aromatic carbocycles. The smallest absolute Gasteiger partial charge is 0.123 e. The lowest BCUT2D eigenvalue weighted by atomic mass is 10.1. The summed E-state index contributed by atoms with van der Waals surface area (Å²) in [7, 11) is 1.63. The van der Waals surface area contributed by atoms with E-state index in [1.807, 2.05) is 24.3 Å². The Kier molecular flexibility index (Phi) is 3.43. The van der Waals surface area contributed by atoms with E-state index in [2.05, 4.69) is 22.6 Å². The average Bonchev–Trinajstić information content (AvgIpc) is 2.28. The van der Waals surface area contributed by atoms with E-state index >= 15 is 0 Å². The largest absolute Gasteiger partial charge is 0.497 e. The molecular formula is C13H10FIO. The van der Waals surface area contributed by atoms with Crippen molar-refractivity contribution in [2.45, 2.75) is 0 Å². The lowest BCUT2D eigenvalue weighted by Gasteiger charge is -2.06. The fourth-order valence-electron chi connectivity index (χ4n) is 1.52. The van der Waals surface area contributed by atoms with Gasteiger partial charge in [0.05, 0.1) is 7.11 Å². The third kappa shape index (κ3) is 2.52. The van der Waals surface area contributed by atoms with Crippen LogP contribution < -0.4 is 4.74 Å². The molecule has 0 spiro atoms. The zero-order valence-electron chi connectivity index (χ0n) is 8.71. The van der Waals surface area contributed by atoms with E-state index < -0.39 is 0 Å². The predicted molar refractivity (Wildman–Crippen MR) is 71.1 cm³/mol. The fourth-order valence-corrected chi connectivity index (χ4v) is 2.16. The topological polar surface area (TPSA) is 9.23 Å². The molecule has 2 aromatic rings. The number of hydrogen-bond donors (Lipinski definition) is 0. The Labute approximate surface area is 107 Å². The van der Waals surface area contributed by atoms with Crippen LogP contribution in [0.15, 0.2) is 42.5 Å². The normalized spacial score (nSPS) is 10.2. The summed E-state index contributed by atoms with van der Waals surface area (Å²) in [4.78, 5) is 0. The van der Waals surface area contributed by atoms with Crippen molar-refractivity contribution in [3.8, 4) is 16.9 Å². The maximum absolute atomic E-state index is 13.1. The quantitative estimate of drug-likeness (QED) is 0.754. The van der Waals surface area contributed by atoms with E-state index in [1.54, 1.807) is 13.2 Å². The molecule has 0 saturated carbocycles. The monoisotopic (exact) mass is 328 g/mol. The molecule has 0 heterocycles. The Hall–Kier alpha value is -1.10. The molecule has 0 N–H and O–H groups in total. The average molecular weight is 328 g/mol. The molecule has 3 heteroatoms. The van der Waals surface area contributed by atoms with Crippen LogP contribution in [0.4, 0.5) is 4.39 Å². The van der Waals surface area contributed by atoms with Crippen LogP contribution in [0.1, 0.15) is 0 Å². The highest BCUT2D eigenvalue weighted by Crippen LogP contribution is 2.27. The van der Waals surface area contributed by atoms with E-state index in [9.17, 15) is 4.39 Å². The maximum Gasteiger partial charge on any atom is 0.123 e. The van der Waals surface area contributed by atoms with Crippen LogP contribution >= 0.6 is 22.6 Å². The predicted octanol–water partition coefficient (Wildman–Crippen LogP) is 4.11. The molecule has 0 aliphatic rings. The first kappa shape index (κ1) is 11.4. The van der Waals surface area contributed by atoms with Gasteiger partial charge in [0, 0.05) is 3.57 Å².